The third-order valence-corrected chi connectivity index (χ3v) is 3.92. The van der Waals surface area contributed by atoms with Gasteiger partial charge in [-0.3, -0.25) is 9.59 Å². The molecule has 0 atom stereocenters. The first-order chi connectivity index (χ1) is 14.0. The number of carbonyl (C=O) groups is 2. The molecule has 0 aliphatic carbocycles. The zero-order chi connectivity index (χ0) is 20.6. The van der Waals surface area contributed by atoms with Gasteiger partial charge in [0.1, 0.15) is 11.6 Å². The second-order valence-corrected chi connectivity index (χ2v) is 6.22. The predicted molar refractivity (Wildman–Crippen MR) is 114 cm³/mol. The van der Waals surface area contributed by atoms with Gasteiger partial charge in [-0.25, -0.2) is 4.98 Å². The summed E-state index contributed by atoms with van der Waals surface area (Å²) in [4.78, 5) is 27.9. The van der Waals surface area contributed by atoms with Crippen LogP contribution in [0.4, 0.5) is 22.9 Å². The second kappa shape index (κ2) is 9.36. The van der Waals surface area contributed by atoms with E-state index in [-0.39, 0.29) is 11.8 Å². The van der Waals surface area contributed by atoms with Gasteiger partial charge in [0.2, 0.25) is 5.91 Å². The zero-order valence-electron chi connectivity index (χ0n) is 16.2. The van der Waals surface area contributed by atoms with E-state index in [1.54, 1.807) is 42.6 Å². The van der Waals surface area contributed by atoms with Gasteiger partial charge < -0.3 is 20.7 Å². The maximum absolute atomic E-state index is 12.5. The summed E-state index contributed by atoms with van der Waals surface area (Å²) in [6.45, 7) is 3.97. The fourth-order valence-corrected chi connectivity index (χ4v) is 2.63. The standard InChI is InChI=1S/C22H22N4O3/c1-3-29-20-10-8-19(9-11-20)26-22(28)16-12-13-23-21(14-16)25-18-6-4-17(5-7-18)24-15(2)27/h4-14H,3H2,1-2H3,(H,23,25)(H,24,27)(H,26,28). The largest absolute Gasteiger partial charge is 0.494 e. The Morgan fingerprint density at radius 3 is 2.17 bits per heavy atom. The predicted octanol–water partition coefficient (Wildman–Crippen LogP) is 4.43. The van der Waals surface area contributed by atoms with E-state index in [0.29, 0.717) is 29.4 Å². The van der Waals surface area contributed by atoms with Crippen LogP contribution in [0.5, 0.6) is 5.75 Å². The van der Waals surface area contributed by atoms with Gasteiger partial charge in [-0.05, 0) is 67.6 Å². The third kappa shape index (κ3) is 5.80. The van der Waals surface area contributed by atoms with Crippen LogP contribution in [0.15, 0.2) is 66.9 Å². The lowest BCUT2D eigenvalue weighted by Gasteiger charge is -2.10. The van der Waals surface area contributed by atoms with Gasteiger partial charge in [0.25, 0.3) is 5.91 Å². The molecule has 1 heterocycles. The van der Waals surface area contributed by atoms with Gasteiger partial charge in [-0.1, -0.05) is 0 Å². The Bertz CT molecular complexity index is 986. The van der Waals surface area contributed by atoms with Crippen molar-refractivity contribution in [1.29, 1.82) is 0 Å². The van der Waals surface area contributed by atoms with Gasteiger partial charge in [-0.2, -0.15) is 0 Å². The van der Waals surface area contributed by atoms with Crippen LogP contribution in [0.2, 0.25) is 0 Å². The Morgan fingerprint density at radius 1 is 0.897 bits per heavy atom. The topological polar surface area (TPSA) is 92.3 Å². The van der Waals surface area contributed by atoms with Gasteiger partial charge in [0.05, 0.1) is 6.61 Å². The van der Waals surface area contributed by atoms with Crippen LogP contribution >= 0.6 is 0 Å². The van der Waals surface area contributed by atoms with E-state index in [1.807, 2.05) is 31.2 Å². The molecule has 7 nitrogen and oxygen atoms in total. The minimum atomic E-state index is -0.236. The van der Waals surface area contributed by atoms with Crippen molar-refractivity contribution >= 4 is 34.7 Å². The van der Waals surface area contributed by atoms with Crippen LogP contribution in [0, 0.1) is 0 Å². The van der Waals surface area contributed by atoms with E-state index in [4.69, 9.17) is 4.74 Å². The molecule has 0 bridgehead atoms. The first-order valence-electron chi connectivity index (χ1n) is 9.18. The van der Waals surface area contributed by atoms with Crippen LogP contribution < -0.4 is 20.7 Å². The van der Waals surface area contributed by atoms with Crippen LogP contribution in [-0.4, -0.2) is 23.4 Å². The molecule has 0 aliphatic rings. The number of amides is 2. The van der Waals surface area contributed by atoms with Crippen molar-refractivity contribution in [1.82, 2.24) is 4.98 Å². The number of hydrogen-bond acceptors (Lipinski definition) is 5. The highest BCUT2D eigenvalue weighted by Gasteiger charge is 2.08. The van der Waals surface area contributed by atoms with Crippen molar-refractivity contribution in [2.75, 3.05) is 22.6 Å². The normalized spacial score (nSPS) is 10.1. The molecule has 0 saturated heterocycles. The van der Waals surface area contributed by atoms with Crippen LogP contribution in [0.1, 0.15) is 24.2 Å². The van der Waals surface area contributed by atoms with E-state index in [0.717, 1.165) is 11.4 Å². The number of benzene rings is 2. The Balaban J connectivity index is 1.65. The van der Waals surface area contributed by atoms with E-state index < -0.39 is 0 Å². The molecule has 148 valence electrons. The molecule has 0 spiro atoms. The summed E-state index contributed by atoms with van der Waals surface area (Å²) in [7, 11) is 0. The highest BCUT2D eigenvalue weighted by Crippen LogP contribution is 2.20. The van der Waals surface area contributed by atoms with Crippen molar-refractivity contribution in [3.8, 4) is 5.75 Å². The number of nitrogens with one attached hydrogen (secondary N) is 3. The monoisotopic (exact) mass is 390 g/mol. The van der Waals surface area contributed by atoms with Crippen LogP contribution in [-0.2, 0) is 4.79 Å². The number of ether oxygens (including phenoxy) is 1. The molecule has 2 amide bonds. The molecule has 7 heteroatoms. The number of pyridine rings is 1. The molecule has 0 radical (unpaired) electrons. The van der Waals surface area contributed by atoms with Crippen LogP contribution in [0.25, 0.3) is 0 Å². The minimum Gasteiger partial charge on any atom is -0.494 e. The average Bonchev–Trinajstić information content (AvgIpc) is 2.71. The Morgan fingerprint density at radius 2 is 1.52 bits per heavy atom. The maximum atomic E-state index is 12.5. The van der Waals surface area contributed by atoms with Crippen molar-refractivity contribution in [3.63, 3.8) is 0 Å². The molecule has 3 N–H and O–H groups in total. The Hall–Kier alpha value is -3.87. The molecule has 0 unspecified atom stereocenters. The summed E-state index contributed by atoms with van der Waals surface area (Å²) in [5.41, 5.74) is 2.65. The summed E-state index contributed by atoms with van der Waals surface area (Å²) in [6, 6.07) is 17.7. The Kier molecular flexibility index (Phi) is 6.42. The van der Waals surface area contributed by atoms with Crippen LogP contribution in [0.3, 0.4) is 0 Å². The van der Waals surface area contributed by atoms with E-state index in [9.17, 15) is 9.59 Å². The molecule has 0 aliphatic heterocycles. The molecule has 0 fully saturated rings. The van der Waals surface area contributed by atoms with Crippen molar-refractivity contribution in [2.24, 2.45) is 0 Å². The fraction of sp³-hybridized carbons (Fsp3) is 0.136. The molecule has 3 aromatic rings. The first-order valence-corrected chi connectivity index (χ1v) is 9.18. The lowest BCUT2D eigenvalue weighted by molar-refractivity contribution is -0.114. The van der Waals surface area contributed by atoms with Crippen molar-refractivity contribution in [3.05, 3.63) is 72.4 Å². The van der Waals surface area contributed by atoms with E-state index in [2.05, 4.69) is 20.9 Å². The first kappa shape index (κ1) is 19.9. The molecule has 2 aromatic carbocycles. The second-order valence-electron chi connectivity index (χ2n) is 6.22. The molecule has 3 rings (SSSR count). The summed E-state index contributed by atoms with van der Waals surface area (Å²) >= 11 is 0. The number of aromatic nitrogens is 1. The smallest absolute Gasteiger partial charge is 0.255 e. The summed E-state index contributed by atoms with van der Waals surface area (Å²) in [5, 5.41) is 8.71. The summed E-state index contributed by atoms with van der Waals surface area (Å²) < 4.78 is 5.40. The molecular formula is C22H22N4O3. The fourth-order valence-electron chi connectivity index (χ4n) is 2.63. The van der Waals surface area contributed by atoms with Gasteiger partial charge in [0, 0.05) is 35.7 Å². The summed E-state index contributed by atoms with van der Waals surface area (Å²) in [5.74, 6) is 0.932. The number of nitrogens with zero attached hydrogens (tertiary/aromatic N) is 1. The third-order valence-electron chi connectivity index (χ3n) is 3.92. The van der Waals surface area contributed by atoms with Gasteiger partial charge in [-0.15, -0.1) is 0 Å². The maximum Gasteiger partial charge on any atom is 0.255 e. The summed E-state index contributed by atoms with van der Waals surface area (Å²) in [6.07, 6.45) is 1.57. The molecule has 0 saturated carbocycles. The quantitative estimate of drug-likeness (QED) is 0.555. The van der Waals surface area contributed by atoms with Crippen molar-refractivity contribution in [2.45, 2.75) is 13.8 Å². The average molecular weight is 390 g/mol. The van der Waals surface area contributed by atoms with E-state index >= 15 is 0 Å². The molecule has 29 heavy (non-hydrogen) atoms. The molecular weight excluding hydrogens is 368 g/mol. The minimum absolute atomic E-state index is 0.126. The van der Waals surface area contributed by atoms with Gasteiger partial charge in [0.15, 0.2) is 0 Å². The number of anilines is 4. The number of hydrogen-bond donors (Lipinski definition) is 3. The highest BCUT2D eigenvalue weighted by molar-refractivity contribution is 6.04. The zero-order valence-corrected chi connectivity index (χ0v) is 16.2. The number of carbonyl (C=O) groups excluding carboxylic acids is 2. The highest BCUT2D eigenvalue weighted by atomic mass is 16.5. The molecule has 1 aromatic heterocycles. The lowest BCUT2D eigenvalue weighted by Crippen LogP contribution is -2.12. The Labute approximate surface area is 169 Å². The van der Waals surface area contributed by atoms with Crippen molar-refractivity contribution < 1.29 is 14.3 Å². The number of rotatable bonds is 7. The SMILES string of the molecule is CCOc1ccc(NC(=O)c2ccnc(Nc3ccc(NC(C)=O)cc3)c2)cc1. The van der Waals surface area contributed by atoms with E-state index in [1.165, 1.54) is 6.92 Å². The lowest BCUT2D eigenvalue weighted by atomic mass is 10.2. The van der Waals surface area contributed by atoms with Gasteiger partial charge >= 0.3 is 0 Å².